The second-order valence-electron chi connectivity index (χ2n) is 8.92. The van der Waals surface area contributed by atoms with E-state index in [1.807, 2.05) is 35.0 Å². The van der Waals surface area contributed by atoms with E-state index in [-0.39, 0.29) is 5.56 Å². The number of carbonyl (C=O) groups is 1. The lowest BCUT2D eigenvalue weighted by molar-refractivity contribution is -0.147. The maximum atomic E-state index is 13.6. The van der Waals surface area contributed by atoms with Crippen molar-refractivity contribution < 1.29 is 23.1 Å². The fourth-order valence-corrected chi connectivity index (χ4v) is 6.10. The molecule has 2 aromatic carbocycles. The van der Waals surface area contributed by atoms with Crippen molar-refractivity contribution in [2.45, 2.75) is 54.5 Å². The Bertz CT molecular complexity index is 1380. The van der Waals surface area contributed by atoms with Crippen LogP contribution in [0.5, 0.6) is 0 Å². The van der Waals surface area contributed by atoms with Crippen LogP contribution in [0.15, 0.2) is 59.8 Å². The first kappa shape index (κ1) is 23.5. The topological polar surface area (TPSA) is 83.8 Å². The van der Waals surface area contributed by atoms with Crippen molar-refractivity contribution in [3.8, 4) is 0 Å². The molecule has 0 saturated heterocycles. The van der Waals surface area contributed by atoms with Gasteiger partial charge in [-0.05, 0) is 61.2 Å². The van der Waals surface area contributed by atoms with Gasteiger partial charge >= 0.3 is 12.1 Å². The predicted molar refractivity (Wildman–Crippen MR) is 126 cm³/mol. The molecule has 0 bridgehead atoms. The first-order valence-corrected chi connectivity index (χ1v) is 12.1. The second-order valence-corrected chi connectivity index (χ2v) is 10.1. The Balaban J connectivity index is 1.52. The van der Waals surface area contributed by atoms with E-state index in [1.165, 1.54) is 37.0 Å². The van der Waals surface area contributed by atoms with Crippen molar-refractivity contribution in [3.05, 3.63) is 77.2 Å². The number of hydrogen-bond donors (Lipinski definition) is 2. The molecule has 5 rings (SSSR count). The summed E-state index contributed by atoms with van der Waals surface area (Å²) in [7, 11) is 0. The Morgan fingerprint density at radius 1 is 1.17 bits per heavy atom. The highest BCUT2D eigenvalue weighted by Crippen LogP contribution is 2.44. The number of halogens is 3. The summed E-state index contributed by atoms with van der Waals surface area (Å²) in [4.78, 5) is 13.0. The van der Waals surface area contributed by atoms with Gasteiger partial charge in [0.2, 0.25) is 0 Å². The fourth-order valence-electron chi connectivity index (χ4n) is 4.97. The van der Waals surface area contributed by atoms with Crippen LogP contribution in [0.25, 0.3) is 10.9 Å². The lowest BCUT2D eigenvalue weighted by atomic mass is 9.97. The smallest absolute Gasteiger partial charge is 0.416 e. The number of aliphatic carboxylic acids is 1. The lowest BCUT2D eigenvalue weighted by Crippen LogP contribution is -2.38. The monoisotopic (exact) mass is 500 g/mol. The number of thioether (sulfide) groups is 1. The molecule has 1 unspecified atom stereocenters. The number of nitrogens with one attached hydrogen (secondary N) is 1. The first-order chi connectivity index (χ1) is 16.7. The van der Waals surface area contributed by atoms with Crippen LogP contribution in [0, 0.1) is 6.92 Å². The second kappa shape index (κ2) is 8.75. The molecule has 2 N–H and O–H groups in total. The molecule has 10 heteroatoms. The SMILES string of the molecule is Cc1ccc(C(Sc2ccc3c(ccn3C3(C(=O)O)CCCC3)c2)c2cn[nH]n2)cc1C(F)(F)F. The van der Waals surface area contributed by atoms with Crippen molar-refractivity contribution in [1.82, 2.24) is 20.0 Å². The number of nitrogens with zero attached hydrogens (tertiary/aromatic N) is 3. The van der Waals surface area contributed by atoms with Gasteiger partial charge in [-0.15, -0.1) is 11.8 Å². The summed E-state index contributed by atoms with van der Waals surface area (Å²) in [6.45, 7) is 1.44. The number of fused-ring (bicyclic) bond motifs is 1. The van der Waals surface area contributed by atoms with Crippen molar-refractivity contribution in [2.24, 2.45) is 0 Å². The third-order valence-corrected chi connectivity index (χ3v) is 8.05. The molecular formula is C25H23F3N4O2S. The average molecular weight is 501 g/mol. The number of alkyl halides is 3. The molecule has 4 aromatic rings. The van der Waals surface area contributed by atoms with Crippen LogP contribution >= 0.6 is 11.8 Å². The lowest BCUT2D eigenvalue weighted by Gasteiger charge is -2.27. The minimum Gasteiger partial charge on any atom is -0.479 e. The minimum absolute atomic E-state index is 0.159. The minimum atomic E-state index is -4.46. The van der Waals surface area contributed by atoms with Crippen molar-refractivity contribution in [2.75, 3.05) is 0 Å². The normalized spacial score (nSPS) is 16.6. The van der Waals surface area contributed by atoms with Crippen LogP contribution in [0.4, 0.5) is 13.2 Å². The summed E-state index contributed by atoms with van der Waals surface area (Å²) in [5.74, 6) is -0.822. The number of carboxylic acid groups (broad SMARTS) is 1. The summed E-state index contributed by atoms with van der Waals surface area (Å²) < 4.78 is 42.6. The maximum absolute atomic E-state index is 13.6. The van der Waals surface area contributed by atoms with Gasteiger partial charge in [0.15, 0.2) is 0 Å². The number of aromatic nitrogens is 4. The Kier molecular flexibility index (Phi) is 5.86. The third kappa shape index (κ3) is 4.20. The molecule has 0 radical (unpaired) electrons. The Hall–Kier alpha value is -3.27. The molecule has 182 valence electrons. The van der Waals surface area contributed by atoms with E-state index >= 15 is 0 Å². The Morgan fingerprint density at radius 3 is 2.60 bits per heavy atom. The molecule has 1 atom stereocenters. The van der Waals surface area contributed by atoms with Crippen LogP contribution in [-0.2, 0) is 16.5 Å². The predicted octanol–water partition coefficient (Wildman–Crippen LogP) is 6.32. The molecular weight excluding hydrogens is 477 g/mol. The largest absolute Gasteiger partial charge is 0.479 e. The highest BCUT2D eigenvalue weighted by atomic mass is 32.2. The van der Waals surface area contributed by atoms with Crippen LogP contribution in [-0.4, -0.2) is 31.1 Å². The van der Waals surface area contributed by atoms with Gasteiger partial charge in [-0.2, -0.15) is 28.6 Å². The quantitative estimate of drug-likeness (QED) is 0.303. The number of hydrogen-bond acceptors (Lipinski definition) is 4. The number of aryl methyl sites for hydroxylation is 1. The highest BCUT2D eigenvalue weighted by Gasteiger charge is 2.43. The average Bonchev–Trinajstić information content (AvgIpc) is 3.58. The molecule has 2 heterocycles. The van der Waals surface area contributed by atoms with Gasteiger partial charge in [-0.1, -0.05) is 25.0 Å². The van der Waals surface area contributed by atoms with Gasteiger partial charge in [-0.25, -0.2) is 4.79 Å². The van der Waals surface area contributed by atoms with Crippen LogP contribution < -0.4 is 0 Å². The third-order valence-electron chi connectivity index (χ3n) is 6.78. The van der Waals surface area contributed by atoms with E-state index in [1.54, 1.807) is 6.07 Å². The number of benzene rings is 2. The molecule has 6 nitrogen and oxygen atoms in total. The molecule has 0 amide bonds. The van der Waals surface area contributed by atoms with E-state index in [0.29, 0.717) is 24.1 Å². The maximum Gasteiger partial charge on any atom is 0.416 e. The van der Waals surface area contributed by atoms with Gasteiger partial charge in [0.1, 0.15) is 11.2 Å². The molecule has 0 spiro atoms. The Morgan fingerprint density at radius 2 is 1.94 bits per heavy atom. The van der Waals surface area contributed by atoms with E-state index in [2.05, 4.69) is 15.4 Å². The zero-order valence-corrected chi connectivity index (χ0v) is 19.7. The number of aromatic amines is 1. The van der Waals surface area contributed by atoms with Gasteiger partial charge in [0, 0.05) is 22.0 Å². The number of carboxylic acids is 1. The van der Waals surface area contributed by atoms with Gasteiger partial charge < -0.3 is 9.67 Å². The van der Waals surface area contributed by atoms with E-state index in [4.69, 9.17) is 0 Å². The fraction of sp³-hybridized carbons (Fsp3) is 0.320. The summed E-state index contributed by atoms with van der Waals surface area (Å²) in [5.41, 5.74) is 0.358. The summed E-state index contributed by atoms with van der Waals surface area (Å²) in [5, 5.41) is 20.9. The van der Waals surface area contributed by atoms with E-state index < -0.39 is 28.5 Å². The number of H-pyrrole nitrogens is 1. The molecule has 0 aliphatic heterocycles. The zero-order chi connectivity index (χ0) is 24.8. The molecule has 1 aliphatic carbocycles. The summed E-state index contributed by atoms with van der Waals surface area (Å²) in [6, 6.07) is 11.9. The van der Waals surface area contributed by atoms with Crippen LogP contribution in [0.3, 0.4) is 0 Å². The molecule has 35 heavy (non-hydrogen) atoms. The molecule has 2 aromatic heterocycles. The van der Waals surface area contributed by atoms with Crippen molar-refractivity contribution in [1.29, 1.82) is 0 Å². The zero-order valence-electron chi connectivity index (χ0n) is 18.8. The molecule has 1 aliphatic rings. The standard InChI is InChI=1S/C25H23F3N4O2S/c1-15-4-5-17(13-19(15)25(26,27)28)22(20-14-29-31-30-20)35-18-6-7-21-16(12-18)8-11-32(21)24(23(33)34)9-2-3-10-24/h4-8,11-14,22H,2-3,9-10H2,1H3,(H,33,34)(H,29,30,31). The molecule has 1 fully saturated rings. The van der Waals surface area contributed by atoms with Gasteiger partial charge in [-0.3, -0.25) is 0 Å². The van der Waals surface area contributed by atoms with Crippen molar-refractivity contribution in [3.63, 3.8) is 0 Å². The van der Waals surface area contributed by atoms with Gasteiger partial charge in [0.05, 0.1) is 17.0 Å². The van der Waals surface area contributed by atoms with Crippen LogP contribution in [0.2, 0.25) is 0 Å². The number of rotatable bonds is 6. The van der Waals surface area contributed by atoms with Gasteiger partial charge in [0.25, 0.3) is 0 Å². The summed E-state index contributed by atoms with van der Waals surface area (Å²) >= 11 is 1.37. The molecule has 1 saturated carbocycles. The summed E-state index contributed by atoms with van der Waals surface area (Å²) in [6.07, 6.45) is 1.80. The van der Waals surface area contributed by atoms with E-state index in [9.17, 15) is 23.1 Å². The first-order valence-electron chi connectivity index (χ1n) is 11.2. The van der Waals surface area contributed by atoms with E-state index in [0.717, 1.165) is 28.6 Å². The van der Waals surface area contributed by atoms with Crippen molar-refractivity contribution >= 4 is 28.6 Å². The Labute approximate surface area is 203 Å². The van der Waals surface area contributed by atoms with Crippen LogP contribution in [0.1, 0.15) is 53.3 Å². The highest BCUT2D eigenvalue weighted by molar-refractivity contribution is 7.99.